The van der Waals surface area contributed by atoms with E-state index in [-0.39, 0.29) is 11.1 Å². The van der Waals surface area contributed by atoms with Gasteiger partial charge in [-0.2, -0.15) is 9.13 Å². The number of allylic oxidation sites excluding steroid dienone is 12. The number of rotatable bonds is 6. The minimum absolute atomic E-state index is 0.226. The molecule has 0 atom stereocenters. The number of hydrogen-bond donors (Lipinski definition) is 2. The first-order valence-corrected chi connectivity index (χ1v) is 13.7. The highest BCUT2D eigenvalue weighted by atomic mass is 15.1. The smallest absolute Gasteiger partial charge is 0.219 e. The fourth-order valence-corrected chi connectivity index (χ4v) is 7.52. The molecule has 4 N–H and O–H groups in total. The molecule has 4 nitrogen and oxygen atoms in total. The number of nitrogens with two attached hydrogens (primary N) is 2. The standard InChI is InChI=1S/C35H28N4/c36-30-18-22-38(32-8-3-1-6-28(30)32)34(24-10-11-25(34)13-12-24)20-5-21-35(26-14-15-27(35)17-16-26)39-23-19-31(37)29-7-2-4-9-33(29)39/h1-4,6-19,22-23,36-37H,5,20-21H2/p+2. The summed E-state index contributed by atoms with van der Waals surface area (Å²) in [4.78, 5) is 0. The normalized spacial score (nSPS) is 19.1. The minimum atomic E-state index is -0.226. The number of anilines is 2. The van der Waals surface area contributed by atoms with Crippen molar-refractivity contribution in [2.24, 2.45) is 0 Å². The number of aromatic nitrogens is 2. The molecule has 4 aliphatic rings. The molecule has 0 aliphatic heterocycles. The molecule has 0 radical (unpaired) electrons. The maximum Gasteiger partial charge on any atom is 0.219 e. The zero-order chi connectivity index (χ0) is 26.2. The highest BCUT2D eigenvalue weighted by molar-refractivity contribution is 5.88. The molecule has 0 fully saturated rings. The number of benzene rings is 2. The van der Waals surface area contributed by atoms with Gasteiger partial charge in [-0.05, 0) is 18.6 Å². The van der Waals surface area contributed by atoms with E-state index >= 15 is 0 Å². The van der Waals surface area contributed by atoms with E-state index in [0.29, 0.717) is 0 Å². The second-order valence-corrected chi connectivity index (χ2v) is 11.0. The Morgan fingerprint density at radius 1 is 0.513 bits per heavy atom. The lowest BCUT2D eigenvalue weighted by atomic mass is 9.79. The molecule has 0 saturated carbocycles. The van der Waals surface area contributed by atoms with Gasteiger partial charge in [0.1, 0.15) is 0 Å². The van der Waals surface area contributed by atoms with Gasteiger partial charge in [-0.1, -0.05) is 72.9 Å². The number of fused-ring (bicyclic) bond motifs is 6. The Kier molecular flexibility index (Phi) is 4.52. The van der Waals surface area contributed by atoms with Crippen molar-refractivity contribution in [2.75, 3.05) is 11.5 Å². The van der Waals surface area contributed by atoms with Crippen molar-refractivity contribution in [1.82, 2.24) is 0 Å². The van der Waals surface area contributed by atoms with E-state index in [1.165, 1.54) is 33.3 Å². The van der Waals surface area contributed by atoms with Crippen LogP contribution in [0.1, 0.15) is 19.3 Å². The van der Waals surface area contributed by atoms with E-state index in [4.69, 9.17) is 11.5 Å². The Morgan fingerprint density at radius 2 is 0.897 bits per heavy atom. The maximum absolute atomic E-state index is 6.42. The molecule has 0 saturated heterocycles. The van der Waals surface area contributed by atoms with Crippen LogP contribution in [0.3, 0.4) is 0 Å². The third-order valence-electron chi connectivity index (χ3n) is 9.34. The van der Waals surface area contributed by atoms with E-state index in [9.17, 15) is 0 Å². The van der Waals surface area contributed by atoms with Crippen LogP contribution in [-0.4, -0.2) is 0 Å². The van der Waals surface area contributed by atoms with Crippen LogP contribution >= 0.6 is 0 Å². The zero-order valence-corrected chi connectivity index (χ0v) is 21.7. The van der Waals surface area contributed by atoms with Gasteiger partial charge < -0.3 is 11.5 Å². The largest absolute Gasteiger partial charge is 0.398 e. The number of nitrogens with zero attached hydrogens (tertiary/aromatic N) is 2. The molecule has 2 aromatic heterocycles. The van der Waals surface area contributed by atoms with Gasteiger partial charge in [-0.3, -0.25) is 0 Å². The monoisotopic (exact) mass is 506 g/mol. The molecule has 4 aromatic rings. The van der Waals surface area contributed by atoms with Crippen LogP contribution < -0.4 is 20.6 Å². The summed E-state index contributed by atoms with van der Waals surface area (Å²) in [6.07, 6.45) is 25.7. The molecule has 4 aliphatic carbocycles. The molecule has 2 aromatic carbocycles. The molecule has 188 valence electrons. The number of pyridine rings is 2. The molecule has 8 rings (SSSR count). The first-order chi connectivity index (χ1) is 19.1. The van der Waals surface area contributed by atoms with E-state index in [1.807, 2.05) is 0 Å². The summed E-state index contributed by atoms with van der Waals surface area (Å²) in [7, 11) is 0. The van der Waals surface area contributed by atoms with Crippen molar-refractivity contribution in [2.45, 2.75) is 30.3 Å². The fourth-order valence-electron chi connectivity index (χ4n) is 7.52. The van der Waals surface area contributed by atoms with Gasteiger partial charge in [0, 0.05) is 59.4 Å². The molecule has 0 unspecified atom stereocenters. The molecule has 39 heavy (non-hydrogen) atoms. The van der Waals surface area contributed by atoms with Crippen LogP contribution in [0, 0.1) is 0 Å². The lowest BCUT2D eigenvalue weighted by Crippen LogP contribution is -2.58. The Hall–Kier alpha value is -4.70. The first kappa shape index (κ1) is 22.3. The summed E-state index contributed by atoms with van der Waals surface area (Å²) < 4.78 is 4.92. The summed E-state index contributed by atoms with van der Waals surface area (Å²) >= 11 is 0. The maximum atomic E-state index is 6.42. The molecule has 0 spiro atoms. The van der Waals surface area contributed by atoms with Crippen LogP contribution in [0.4, 0.5) is 11.4 Å². The van der Waals surface area contributed by atoms with Crippen molar-refractivity contribution in [3.8, 4) is 0 Å². The second kappa shape index (κ2) is 7.90. The minimum Gasteiger partial charge on any atom is -0.398 e. The third kappa shape index (κ3) is 2.83. The van der Waals surface area contributed by atoms with E-state index in [1.54, 1.807) is 0 Å². The highest BCUT2D eigenvalue weighted by Gasteiger charge is 2.55. The van der Waals surface area contributed by atoms with Crippen molar-refractivity contribution in [3.05, 3.63) is 144 Å². The molecular weight excluding hydrogens is 476 g/mol. The Balaban J connectivity index is 1.22. The van der Waals surface area contributed by atoms with Crippen molar-refractivity contribution in [1.29, 1.82) is 0 Å². The molecule has 0 amide bonds. The molecular formula is C35H30N4+2. The van der Waals surface area contributed by atoms with Crippen LogP contribution in [0.15, 0.2) is 144 Å². The zero-order valence-electron chi connectivity index (χ0n) is 21.7. The molecule has 4 heteroatoms. The quantitative estimate of drug-likeness (QED) is 0.322. The van der Waals surface area contributed by atoms with Crippen LogP contribution in [0.25, 0.3) is 21.8 Å². The SMILES string of the molecule is Nc1cc[n+](C2(CCCC3([n+]4ccc(N)c5ccccc54)C4=CC=C3C=C4)C3=CC=C2C=C3)c2ccccc12. The van der Waals surface area contributed by atoms with E-state index in [0.717, 1.165) is 41.4 Å². The van der Waals surface area contributed by atoms with Gasteiger partial charge >= 0.3 is 0 Å². The third-order valence-corrected chi connectivity index (χ3v) is 9.34. The van der Waals surface area contributed by atoms with Crippen molar-refractivity contribution < 1.29 is 9.13 Å². The average Bonchev–Trinajstić information content (AvgIpc) is 3.72. The molecule has 4 bridgehead atoms. The van der Waals surface area contributed by atoms with Crippen molar-refractivity contribution in [3.63, 3.8) is 0 Å². The number of hydrogen-bond acceptors (Lipinski definition) is 2. The topological polar surface area (TPSA) is 59.8 Å². The van der Waals surface area contributed by atoms with Gasteiger partial charge in [0.2, 0.25) is 22.1 Å². The summed E-state index contributed by atoms with van der Waals surface area (Å²) in [6.45, 7) is 0. The predicted molar refractivity (Wildman–Crippen MR) is 158 cm³/mol. The van der Waals surface area contributed by atoms with Gasteiger partial charge in [0.15, 0.2) is 12.4 Å². The Bertz CT molecular complexity index is 1730. The summed E-state index contributed by atoms with van der Waals surface area (Å²) in [5, 5.41) is 2.20. The van der Waals surface area contributed by atoms with Crippen LogP contribution in [-0.2, 0) is 11.1 Å². The van der Waals surface area contributed by atoms with Gasteiger partial charge in [-0.15, -0.1) is 0 Å². The van der Waals surface area contributed by atoms with E-state index in [2.05, 4.69) is 131 Å². The summed E-state index contributed by atoms with van der Waals surface area (Å²) in [6, 6.07) is 21.1. The van der Waals surface area contributed by atoms with Gasteiger partial charge in [0.05, 0.1) is 22.1 Å². The fraction of sp³-hybridized carbons (Fsp3) is 0.143. The molecule has 2 heterocycles. The van der Waals surface area contributed by atoms with E-state index < -0.39 is 0 Å². The number of para-hydroxylation sites is 2. The van der Waals surface area contributed by atoms with Crippen LogP contribution in [0.2, 0.25) is 0 Å². The van der Waals surface area contributed by atoms with Gasteiger partial charge in [0.25, 0.3) is 0 Å². The lowest BCUT2D eigenvalue weighted by Gasteiger charge is -2.29. The second-order valence-electron chi connectivity index (χ2n) is 11.0. The lowest BCUT2D eigenvalue weighted by molar-refractivity contribution is -0.725. The number of nitrogen functional groups attached to an aromatic ring is 2. The summed E-state index contributed by atoms with van der Waals surface area (Å²) in [5.41, 5.74) is 21.8. The first-order valence-electron chi connectivity index (χ1n) is 13.7. The Labute approximate surface area is 227 Å². The predicted octanol–water partition coefficient (Wildman–Crippen LogP) is 5.87. The Morgan fingerprint density at radius 3 is 1.28 bits per heavy atom. The van der Waals surface area contributed by atoms with Gasteiger partial charge in [-0.25, -0.2) is 0 Å². The highest BCUT2D eigenvalue weighted by Crippen LogP contribution is 2.49. The summed E-state index contributed by atoms with van der Waals surface area (Å²) in [5.74, 6) is 0. The van der Waals surface area contributed by atoms with Crippen LogP contribution in [0.5, 0.6) is 0 Å². The average molecular weight is 507 g/mol. The van der Waals surface area contributed by atoms with Crippen molar-refractivity contribution >= 4 is 33.2 Å².